The number of amides is 2. The van der Waals surface area contributed by atoms with Gasteiger partial charge in [0.25, 0.3) is 5.91 Å². The maximum atomic E-state index is 12.8. The Morgan fingerprint density at radius 1 is 1.13 bits per heavy atom. The van der Waals surface area contributed by atoms with E-state index in [-0.39, 0.29) is 36.4 Å². The zero-order valence-corrected chi connectivity index (χ0v) is 18.9. The molecule has 2 aromatic rings. The van der Waals surface area contributed by atoms with Crippen LogP contribution in [-0.4, -0.2) is 37.5 Å². The molecule has 0 atom stereocenters. The van der Waals surface area contributed by atoms with Crippen molar-refractivity contribution in [2.75, 3.05) is 19.0 Å². The van der Waals surface area contributed by atoms with Crippen molar-refractivity contribution in [3.63, 3.8) is 0 Å². The number of carbonyl (C=O) groups is 3. The molecule has 0 radical (unpaired) electrons. The molecule has 0 saturated heterocycles. The quantitative estimate of drug-likeness (QED) is 0.598. The molecule has 0 spiro atoms. The molecule has 1 aliphatic carbocycles. The van der Waals surface area contributed by atoms with Crippen LogP contribution in [0.15, 0.2) is 24.3 Å². The second kappa shape index (κ2) is 10.4. The molecule has 7 nitrogen and oxygen atoms in total. The fourth-order valence-electron chi connectivity index (χ4n) is 3.69. The van der Waals surface area contributed by atoms with Crippen LogP contribution in [0.25, 0.3) is 0 Å². The van der Waals surface area contributed by atoms with Crippen LogP contribution in [0.1, 0.15) is 63.8 Å². The van der Waals surface area contributed by atoms with E-state index in [1.807, 2.05) is 12.1 Å². The normalized spacial score (nSPS) is 13.6. The highest BCUT2D eigenvalue weighted by Gasteiger charge is 2.28. The number of hydrogen-bond donors (Lipinski definition) is 2. The second-order valence-electron chi connectivity index (χ2n) is 7.51. The molecule has 1 heterocycles. The molecule has 0 bridgehead atoms. The van der Waals surface area contributed by atoms with E-state index in [9.17, 15) is 14.4 Å². The highest BCUT2D eigenvalue weighted by atomic mass is 32.1. The Balaban J connectivity index is 1.80. The number of methoxy groups -OCH3 is 1. The van der Waals surface area contributed by atoms with Gasteiger partial charge < -0.3 is 20.1 Å². The summed E-state index contributed by atoms with van der Waals surface area (Å²) in [6, 6.07) is 7.35. The van der Waals surface area contributed by atoms with Crippen LogP contribution < -0.4 is 15.4 Å². The molecular formula is C23H28N2O5S. The molecule has 2 N–H and O–H groups in total. The van der Waals surface area contributed by atoms with Crippen molar-refractivity contribution in [3.05, 3.63) is 45.8 Å². The number of esters is 1. The molecule has 8 heteroatoms. The summed E-state index contributed by atoms with van der Waals surface area (Å²) in [7, 11) is 1.58. The number of anilines is 1. The Morgan fingerprint density at radius 3 is 2.42 bits per heavy atom. The number of benzene rings is 1. The third kappa shape index (κ3) is 5.64. The van der Waals surface area contributed by atoms with Gasteiger partial charge in [-0.15, -0.1) is 11.3 Å². The molecule has 1 saturated carbocycles. The van der Waals surface area contributed by atoms with E-state index in [0.29, 0.717) is 21.2 Å². The van der Waals surface area contributed by atoms with Crippen molar-refractivity contribution in [3.8, 4) is 5.75 Å². The summed E-state index contributed by atoms with van der Waals surface area (Å²) in [5, 5.41) is 6.19. The van der Waals surface area contributed by atoms with Crippen LogP contribution in [-0.2, 0) is 16.0 Å². The lowest BCUT2D eigenvalue weighted by atomic mass is 10.1. The molecule has 1 fully saturated rings. The zero-order chi connectivity index (χ0) is 22.4. The van der Waals surface area contributed by atoms with E-state index in [2.05, 4.69) is 10.6 Å². The highest BCUT2D eigenvalue weighted by molar-refractivity contribution is 7.18. The topological polar surface area (TPSA) is 93.7 Å². The van der Waals surface area contributed by atoms with Crippen LogP contribution in [0, 0.1) is 6.92 Å². The van der Waals surface area contributed by atoms with Crippen molar-refractivity contribution in [2.24, 2.45) is 0 Å². The number of nitrogens with one attached hydrogen (secondary N) is 2. The summed E-state index contributed by atoms with van der Waals surface area (Å²) < 4.78 is 10.3. The highest BCUT2D eigenvalue weighted by Crippen LogP contribution is 2.34. The number of carbonyl (C=O) groups excluding carboxylic acids is 3. The molecule has 1 aliphatic rings. The van der Waals surface area contributed by atoms with Gasteiger partial charge in [-0.25, -0.2) is 4.79 Å². The van der Waals surface area contributed by atoms with Gasteiger partial charge in [-0.3, -0.25) is 9.59 Å². The Hall–Kier alpha value is -2.87. The lowest BCUT2D eigenvalue weighted by Gasteiger charge is -2.11. The zero-order valence-electron chi connectivity index (χ0n) is 18.1. The van der Waals surface area contributed by atoms with Gasteiger partial charge in [-0.2, -0.15) is 0 Å². The first-order valence-corrected chi connectivity index (χ1v) is 11.3. The monoisotopic (exact) mass is 444 g/mol. The summed E-state index contributed by atoms with van der Waals surface area (Å²) in [5.74, 6) is -0.327. The minimum atomic E-state index is -0.545. The van der Waals surface area contributed by atoms with E-state index >= 15 is 0 Å². The molecule has 1 aromatic heterocycles. The average molecular weight is 445 g/mol. The lowest BCUT2D eigenvalue weighted by molar-refractivity contribution is -0.115. The minimum Gasteiger partial charge on any atom is -0.497 e. The fraction of sp³-hybridized carbons (Fsp3) is 0.435. The molecule has 1 aromatic carbocycles. The van der Waals surface area contributed by atoms with E-state index in [1.165, 1.54) is 0 Å². The van der Waals surface area contributed by atoms with Crippen molar-refractivity contribution >= 4 is 34.1 Å². The van der Waals surface area contributed by atoms with Crippen LogP contribution in [0.2, 0.25) is 0 Å². The standard InChI is InChI=1S/C23H28N2O5S/c1-4-30-23(28)19-14(2)20(21(27)24-16-7-5-6-8-16)31-22(19)25-18(26)13-15-9-11-17(29-3)12-10-15/h9-12,16H,4-8,13H2,1-3H3,(H,24,27)(H,25,26). The van der Waals surface area contributed by atoms with E-state index in [4.69, 9.17) is 9.47 Å². The SMILES string of the molecule is CCOC(=O)c1c(NC(=O)Cc2ccc(OC)cc2)sc(C(=O)NC2CCCC2)c1C. The first-order chi connectivity index (χ1) is 14.9. The van der Waals surface area contributed by atoms with Gasteiger partial charge in [0, 0.05) is 6.04 Å². The molecule has 2 amide bonds. The minimum absolute atomic E-state index is 0.132. The van der Waals surface area contributed by atoms with Crippen LogP contribution in [0.4, 0.5) is 5.00 Å². The first-order valence-electron chi connectivity index (χ1n) is 10.5. The molecular weight excluding hydrogens is 416 g/mol. The lowest BCUT2D eigenvalue weighted by Crippen LogP contribution is -2.32. The predicted octanol–water partition coefficient (Wildman–Crippen LogP) is 4.10. The largest absolute Gasteiger partial charge is 0.497 e. The summed E-state index contributed by atoms with van der Waals surface area (Å²) in [5.41, 5.74) is 1.58. The van der Waals surface area contributed by atoms with Crippen LogP contribution in [0.5, 0.6) is 5.75 Å². The molecule has 0 unspecified atom stereocenters. The average Bonchev–Trinajstić information content (AvgIpc) is 3.36. The summed E-state index contributed by atoms with van der Waals surface area (Å²) in [4.78, 5) is 38.5. The maximum Gasteiger partial charge on any atom is 0.341 e. The smallest absolute Gasteiger partial charge is 0.341 e. The molecule has 0 aliphatic heterocycles. The molecule has 166 valence electrons. The van der Waals surface area contributed by atoms with Gasteiger partial charge in [0.15, 0.2) is 0 Å². The van der Waals surface area contributed by atoms with Crippen molar-refractivity contribution < 1.29 is 23.9 Å². The van der Waals surface area contributed by atoms with Crippen LogP contribution >= 0.6 is 11.3 Å². The molecule has 3 rings (SSSR count). The predicted molar refractivity (Wildman–Crippen MR) is 120 cm³/mol. The van der Waals surface area contributed by atoms with E-state index < -0.39 is 5.97 Å². The Labute approximate surface area is 186 Å². The van der Waals surface area contributed by atoms with Crippen molar-refractivity contribution in [1.29, 1.82) is 0 Å². The number of hydrogen-bond acceptors (Lipinski definition) is 6. The van der Waals surface area contributed by atoms with Gasteiger partial charge in [0.1, 0.15) is 10.8 Å². The van der Waals surface area contributed by atoms with Gasteiger partial charge >= 0.3 is 5.97 Å². The van der Waals surface area contributed by atoms with Crippen molar-refractivity contribution in [1.82, 2.24) is 5.32 Å². The number of ether oxygens (including phenoxy) is 2. The van der Waals surface area contributed by atoms with Crippen LogP contribution in [0.3, 0.4) is 0 Å². The fourth-order valence-corrected chi connectivity index (χ4v) is 4.80. The Bertz CT molecular complexity index is 946. The van der Waals surface area contributed by atoms with Gasteiger partial charge in [-0.1, -0.05) is 25.0 Å². The summed E-state index contributed by atoms with van der Waals surface area (Å²) in [6.07, 6.45) is 4.27. The summed E-state index contributed by atoms with van der Waals surface area (Å²) in [6.45, 7) is 3.64. The molecule has 31 heavy (non-hydrogen) atoms. The third-order valence-corrected chi connectivity index (χ3v) is 6.51. The number of rotatable bonds is 8. The van der Waals surface area contributed by atoms with Crippen molar-refractivity contribution in [2.45, 2.75) is 52.0 Å². The first kappa shape index (κ1) is 22.8. The van der Waals surface area contributed by atoms with E-state index in [0.717, 1.165) is 42.6 Å². The second-order valence-corrected chi connectivity index (χ2v) is 8.53. The van der Waals surface area contributed by atoms with E-state index in [1.54, 1.807) is 33.1 Å². The van der Waals surface area contributed by atoms with Gasteiger partial charge in [-0.05, 0) is 49.9 Å². The summed E-state index contributed by atoms with van der Waals surface area (Å²) >= 11 is 1.11. The van der Waals surface area contributed by atoms with Gasteiger partial charge in [0.2, 0.25) is 5.91 Å². The van der Waals surface area contributed by atoms with Gasteiger partial charge in [0.05, 0.1) is 30.6 Å². The third-order valence-electron chi connectivity index (χ3n) is 5.30. The Kier molecular flexibility index (Phi) is 7.68. The number of thiophene rings is 1. The maximum absolute atomic E-state index is 12.8. The Morgan fingerprint density at radius 2 is 1.81 bits per heavy atom.